The second-order valence-corrected chi connectivity index (χ2v) is 2.34. The number of unbranched alkanes of at least 4 members (excludes halogenated alkanes) is 1. The first-order valence-corrected chi connectivity index (χ1v) is 3.69. The molecule has 1 unspecified atom stereocenters. The van der Waals surface area contributed by atoms with Crippen LogP contribution in [0.4, 0.5) is 0 Å². The Labute approximate surface area is 61.3 Å². The maximum absolute atomic E-state index is 8.92. The zero-order chi connectivity index (χ0) is 7.11. The quantitative estimate of drug-likeness (QED) is 0.359. The molecule has 0 amide bonds. The van der Waals surface area contributed by atoms with Crippen molar-refractivity contribution in [3.63, 3.8) is 0 Å². The molecule has 1 N–H and O–H groups in total. The highest BCUT2D eigenvalue weighted by Crippen LogP contribution is 2.01. The van der Waals surface area contributed by atoms with E-state index in [4.69, 9.17) is 16.7 Å². The minimum atomic E-state index is -0.327. The van der Waals surface area contributed by atoms with Crippen LogP contribution in [-0.2, 0) is 0 Å². The number of alkyl halides is 1. The van der Waals surface area contributed by atoms with Crippen LogP contribution < -0.4 is 0 Å². The molecule has 0 aromatic rings. The minimum absolute atomic E-state index is 0.327. The lowest BCUT2D eigenvalue weighted by molar-refractivity contribution is 0.185. The van der Waals surface area contributed by atoms with Crippen molar-refractivity contribution in [3.05, 3.63) is 12.7 Å². The number of halogens is 1. The summed E-state index contributed by atoms with van der Waals surface area (Å²) in [4.78, 5) is 0. The van der Waals surface area contributed by atoms with Gasteiger partial charge in [-0.3, -0.25) is 0 Å². The second kappa shape index (κ2) is 6.12. The Morgan fingerprint density at radius 1 is 1.67 bits per heavy atom. The summed E-state index contributed by atoms with van der Waals surface area (Å²) < 4.78 is 0. The van der Waals surface area contributed by atoms with Crippen LogP contribution in [0.15, 0.2) is 12.7 Å². The third kappa shape index (κ3) is 5.87. The Bertz CT molecular complexity index is 73.3. The van der Waals surface area contributed by atoms with Gasteiger partial charge in [-0.25, -0.2) is 0 Å². The molecule has 0 bridgehead atoms. The molecule has 1 atom stereocenters. The molecule has 0 heterocycles. The summed E-state index contributed by atoms with van der Waals surface area (Å²) in [6.45, 7) is 3.57. The molecular weight excluding hydrogens is 136 g/mol. The highest BCUT2D eigenvalue weighted by Gasteiger charge is 1.98. The molecule has 0 rings (SSSR count). The SMILES string of the molecule is C=CCCCC(O)CCl. The Balaban J connectivity index is 2.96. The smallest absolute Gasteiger partial charge is 0.0675 e. The number of hydrogen-bond donors (Lipinski definition) is 1. The van der Waals surface area contributed by atoms with Gasteiger partial charge in [-0.1, -0.05) is 6.08 Å². The molecular formula is C7H13ClO. The van der Waals surface area contributed by atoms with E-state index in [9.17, 15) is 0 Å². The summed E-state index contributed by atoms with van der Waals surface area (Å²) in [6, 6.07) is 0. The average Bonchev–Trinajstić information content (AvgIpc) is 1.89. The predicted octanol–water partition coefficient (Wildman–Crippen LogP) is 1.94. The van der Waals surface area contributed by atoms with Gasteiger partial charge < -0.3 is 5.11 Å². The molecule has 1 nitrogen and oxygen atoms in total. The topological polar surface area (TPSA) is 20.2 Å². The Morgan fingerprint density at radius 2 is 2.33 bits per heavy atom. The molecule has 0 saturated heterocycles. The molecule has 0 fully saturated rings. The van der Waals surface area contributed by atoms with Crippen LogP contribution in [0.1, 0.15) is 19.3 Å². The largest absolute Gasteiger partial charge is 0.392 e. The summed E-state index contributed by atoms with van der Waals surface area (Å²) in [5.74, 6) is 0.344. The predicted molar refractivity (Wildman–Crippen MR) is 40.8 cm³/mol. The lowest BCUT2D eigenvalue weighted by Crippen LogP contribution is -2.06. The zero-order valence-corrected chi connectivity index (χ0v) is 6.27. The van der Waals surface area contributed by atoms with Crippen molar-refractivity contribution in [2.24, 2.45) is 0 Å². The standard InChI is InChI=1S/C7H13ClO/c1-2-3-4-5-7(9)6-8/h2,7,9H,1,3-6H2. The van der Waals surface area contributed by atoms with Crippen LogP contribution >= 0.6 is 11.6 Å². The molecule has 0 aromatic carbocycles. The van der Waals surface area contributed by atoms with E-state index in [1.165, 1.54) is 0 Å². The molecule has 9 heavy (non-hydrogen) atoms. The number of rotatable bonds is 5. The first kappa shape index (κ1) is 8.99. The normalized spacial score (nSPS) is 13.1. The lowest BCUT2D eigenvalue weighted by atomic mass is 10.2. The number of aliphatic hydroxyl groups excluding tert-OH is 1. The Morgan fingerprint density at radius 3 is 2.78 bits per heavy atom. The van der Waals surface area contributed by atoms with E-state index < -0.39 is 0 Å². The van der Waals surface area contributed by atoms with Gasteiger partial charge in [0.1, 0.15) is 0 Å². The van der Waals surface area contributed by atoms with E-state index in [2.05, 4.69) is 6.58 Å². The first-order chi connectivity index (χ1) is 4.31. The van der Waals surface area contributed by atoms with Gasteiger partial charge in [0.05, 0.1) is 6.10 Å². The molecule has 54 valence electrons. The van der Waals surface area contributed by atoms with Crippen molar-refractivity contribution in [3.8, 4) is 0 Å². The van der Waals surface area contributed by atoms with E-state index in [0.717, 1.165) is 19.3 Å². The van der Waals surface area contributed by atoms with E-state index in [1.807, 2.05) is 6.08 Å². The molecule has 0 aliphatic heterocycles. The summed E-state index contributed by atoms with van der Waals surface area (Å²) in [5, 5.41) is 8.92. The fourth-order valence-corrected chi connectivity index (χ4v) is 0.729. The van der Waals surface area contributed by atoms with Crippen molar-refractivity contribution >= 4 is 11.6 Å². The van der Waals surface area contributed by atoms with Gasteiger partial charge in [0.2, 0.25) is 0 Å². The van der Waals surface area contributed by atoms with Gasteiger partial charge in [0.25, 0.3) is 0 Å². The van der Waals surface area contributed by atoms with Crippen molar-refractivity contribution in [2.45, 2.75) is 25.4 Å². The summed E-state index contributed by atoms with van der Waals surface area (Å²) in [6.07, 6.45) is 4.26. The van der Waals surface area contributed by atoms with E-state index in [0.29, 0.717) is 5.88 Å². The molecule has 0 aliphatic carbocycles. The van der Waals surface area contributed by atoms with Gasteiger partial charge in [0, 0.05) is 5.88 Å². The van der Waals surface area contributed by atoms with Gasteiger partial charge in [-0.2, -0.15) is 0 Å². The zero-order valence-electron chi connectivity index (χ0n) is 5.52. The Hall–Kier alpha value is -0.0100. The third-order valence-corrected chi connectivity index (χ3v) is 1.48. The van der Waals surface area contributed by atoms with Crippen molar-refractivity contribution < 1.29 is 5.11 Å². The summed E-state index contributed by atoms with van der Waals surface area (Å²) >= 11 is 5.36. The van der Waals surface area contributed by atoms with Crippen LogP contribution in [0, 0.1) is 0 Å². The fraction of sp³-hybridized carbons (Fsp3) is 0.714. The highest BCUT2D eigenvalue weighted by molar-refractivity contribution is 6.18. The molecule has 0 radical (unpaired) electrons. The number of aliphatic hydroxyl groups is 1. The maximum Gasteiger partial charge on any atom is 0.0675 e. The second-order valence-electron chi connectivity index (χ2n) is 2.03. The highest BCUT2D eigenvalue weighted by atomic mass is 35.5. The third-order valence-electron chi connectivity index (χ3n) is 1.12. The molecule has 0 saturated carbocycles. The van der Waals surface area contributed by atoms with Crippen LogP contribution in [0.2, 0.25) is 0 Å². The molecule has 0 aromatic heterocycles. The van der Waals surface area contributed by atoms with E-state index in [1.54, 1.807) is 0 Å². The summed E-state index contributed by atoms with van der Waals surface area (Å²) in [5.41, 5.74) is 0. The number of allylic oxidation sites excluding steroid dienone is 1. The van der Waals surface area contributed by atoms with Crippen LogP contribution in [0.5, 0.6) is 0 Å². The fourth-order valence-electron chi connectivity index (χ4n) is 0.575. The van der Waals surface area contributed by atoms with Crippen molar-refractivity contribution in [1.82, 2.24) is 0 Å². The maximum atomic E-state index is 8.92. The van der Waals surface area contributed by atoms with Crippen molar-refractivity contribution in [1.29, 1.82) is 0 Å². The van der Waals surface area contributed by atoms with Crippen LogP contribution in [0.3, 0.4) is 0 Å². The average molecular weight is 149 g/mol. The van der Waals surface area contributed by atoms with Crippen molar-refractivity contribution in [2.75, 3.05) is 5.88 Å². The van der Waals surface area contributed by atoms with Gasteiger partial charge in [-0.05, 0) is 19.3 Å². The monoisotopic (exact) mass is 148 g/mol. The molecule has 0 aliphatic rings. The van der Waals surface area contributed by atoms with Gasteiger partial charge in [0.15, 0.2) is 0 Å². The van der Waals surface area contributed by atoms with Crippen LogP contribution in [0.25, 0.3) is 0 Å². The first-order valence-electron chi connectivity index (χ1n) is 3.16. The van der Waals surface area contributed by atoms with Crippen LogP contribution in [-0.4, -0.2) is 17.1 Å². The molecule has 2 heteroatoms. The number of hydrogen-bond acceptors (Lipinski definition) is 1. The molecule has 0 spiro atoms. The Kier molecular flexibility index (Phi) is 6.11. The van der Waals surface area contributed by atoms with E-state index >= 15 is 0 Å². The van der Waals surface area contributed by atoms with Gasteiger partial charge >= 0.3 is 0 Å². The minimum Gasteiger partial charge on any atom is -0.392 e. The lowest BCUT2D eigenvalue weighted by Gasteiger charge is -2.02. The van der Waals surface area contributed by atoms with Gasteiger partial charge in [-0.15, -0.1) is 18.2 Å². The van der Waals surface area contributed by atoms with E-state index in [-0.39, 0.29) is 6.10 Å². The summed E-state index contributed by atoms with van der Waals surface area (Å²) in [7, 11) is 0.